The number of nitrogens with zero attached hydrogens (tertiary/aromatic N) is 1. The van der Waals surface area contributed by atoms with Gasteiger partial charge in [0.2, 0.25) is 0 Å². The molecular weight excluding hydrogens is 380 g/mol. The molecule has 1 atom stereocenters. The first kappa shape index (κ1) is 21.6. The van der Waals surface area contributed by atoms with Gasteiger partial charge in [0.05, 0.1) is 13.7 Å². The second-order valence-electron chi connectivity index (χ2n) is 7.09. The van der Waals surface area contributed by atoms with E-state index in [1.54, 1.807) is 7.11 Å². The lowest BCUT2D eigenvalue weighted by molar-refractivity contribution is -0.124. The zero-order valence-electron chi connectivity index (χ0n) is 17.6. The number of rotatable bonds is 8. The average molecular weight is 411 g/mol. The molecule has 0 aliphatic carbocycles. The molecule has 1 heterocycles. The molecule has 2 aromatic rings. The van der Waals surface area contributed by atoms with E-state index in [0.29, 0.717) is 19.7 Å². The molecule has 2 aromatic carbocycles. The highest BCUT2D eigenvalue weighted by molar-refractivity contribution is 5.94. The zero-order valence-corrected chi connectivity index (χ0v) is 17.6. The van der Waals surface area contributed by atoms with Crippen LogP contribution in [0.15, 0.2) is 53.5 Å². The second-order valence-corrected chi connectivity index (χ2v) is 7.09. The van der Waals surface area contributed by atoms with E-state index in [2.05, 4.69) is 20.9 Å². The number of hydrogen-bond acceptors (Lipinski definition) is 4. The molecule has 1 fully saturated rings. The third-order valence-corrected chi connectivity index (χ3v) is 4.77. The number of methoxy groups -OCH3 is 1. The van der Waals surface area contributed by atoms with Crippen LogP contribution in [0.5, 0.6) is 5.75 Å². The molecule has 0 saturated carbocycles. The number of amides is 1. The maximum atomic E-state index is 12.3. The predicted octanol–water partition coefficient (Wildman–Crippen LogP) is 3.07. The number of carbonyl (C=O) groups is 1. The van der Waals surface area contributed by atoms with Gasteiger partial charge in [-0.25, -0.2) is 4.99 Å². The molecule has 7 nitrogen and oxygen atoms in total. The molecule has 3 N–H and O–H groups in total. The van der Waals surface area contributed by atoms with Crippen molar-refractivity contribution in [1.82, 2.24) is 10.6 Å². The first-order valence-corrected chi connectivity index (χ1v) is 10.3. The van der Waals surface area contributed by atoms with Gasteiger partial charge >= 0.3 is 0 Å². The SMILES string of the molecule is CCNC(=NCc1cccc(NC(=O)C2CCCO2)c1)NCc1cccc(OC)c1. The van der Waals surface area contributed by atoms with Crippen LogP contribution in [0.4, 0.5) is 5.69 Å². The largest absolute Gasteiger partial charge is 0.497 e. The molecule has 1 unspecified atom stereocenters. The van der Waals surface area contributed by atoms with Crippen molar-refractivity contribution in [3.63, 3.8) is 0 Å². The zero-order chi connectivity index (χ0) is 21.2. The van der Waals surface area contributed by atoms with Crippen molar-refractivity contribution < 1.29 is 14.3 Å². The molecule has 1 saturated heterocycles. The summed E-state index contributed by atoms with van der Waals surface area (Å²) in [5, 5.41) is 9.54. The molecule has 0 aromatic heterocycles. The Morgan fingerprint density at radius 3 is 2.77 bits per heavy atom. The van der Waals surface area contributed by atoms with E-state index in [4.69, 9.17) is 9.47 Å². The molecule has 7 heteroatoms. The predicted molar refractivity (Wildman–Crippen MR) is 119 cm³/mol. The molecule has 1 aliphatic rings. The fourth-order valence-electron chi connectivity index (χ4n) is 3.23. The fourth-order valence-corrected chi connectivity index (χ4v) is 3.23. The first-order valence-electron chi connectivity index (χ1n) is 10.3. The Morgan fingerprint density at radius 1 is 1.17 bits per heavy atom. The molecule has 1 aliphatic heterocycles. The van der Waals surface area contributed by atoms with Crippen molar-refractivity contribution in [3.05, 3.63) is 59.7 Å². The van der Waals surface area contributed by atoms with Gasteiger partial charge in [0, 0.05) is 25.4 Å². The monoisotopic (exact) mass is 410 g/mol. The summed E-state index contributed by atoms with van der Waals surface area (Å²) in [6, 6.07) is 15.7. The van der Waals surface area contributed by atoms with Crippen LogP contribution in [-0.2, 0) is 22.6 Å². The van der Waals surface area contributed by atoms with Crippen molar-refractivity contribution in [1.29, 1.82) is 0 Å². The van der Waals surface area contributed by atoms with Gasteiger partial charge in [-0.2, -0.15) is 0 Å². The normalized spacial score (nSPS) is 16.2. The maximum Gasteiger partial charge on any atom is 0.253 e. The number of hydrogen-bond donors (Lipinski definition) is 3. The molecule has 3 rings (SSSR count). The highest BCUT2D eigenvalue weighted by Crippen LogP contribution is 2.17. The van der Waals surface area contributed by atoms with Gasteiger partial charge in [0.1, 0.15) is 11.9 Å². The van der Waals surface area contributed by atoms with Crippen LogP contribution in [0.1, 0.15) is 30.9 Å². The topological polar surface area (TPSA) is 84.0 Å². The summed E-state index contributed by atoms with van der Waals surface area (Å²) >= 11 is 0. The van der Waals surface area contributed by atoms with Gasteiger partial charge in [-0.3, -0.25) is 4.79 Å². The van der Waals surface area contributed by atoms with Crippen LogP contribution in [0.3, 0.4) is 0 Å². The lowest BCUT2D eigenvalue weighted by Gasteiger charge is -2.13. The summed E-state index contributed by atoms with van der Waals surface area (Å²) in [4.78, 5) is 16.9. The van der Waals surface area contributed by atoms with Crippen molar-refractivity contribution in [3.8, 4) is 5.75 Å². The number of carbonyl (C=O) groups excluding carboxylic acids is 1. The van der Waals surface area contributed by atoms with Crippen LogP contribution in [0.2, 0.25) is 0 Å². The minimum atomic E-state index is -0.340. The van der Waals surface area contributed by atoms with Crippen molar-refractivity contribution in [2.75, 3.05) is 25.6 Å². The van der Waals surface area contributed by atoms with Crippen LogP contribution in [-0.4, -0.2) is 38.2 Å². The standard InChI is InChI=1S/C23H30N4O3/c1-3-24-23(26-16-18-8-5-10-20(14-18)29-2)25-15-17-7-4-9-19(13-17)27-22(28)21-11-6-12-30-21/h4-5,7-10,13-14,21H,3,6,11-12,15-16H2,1-2H3,(H,27,28)(H2,24,25,26). The summed E-state index contributed by atoms with van der Waals surface area (Å²) in [5.74, 6) is 1.48. The summed E-state index contributed by atoms with van der Waals surface area (Å²) in [6.07, 6.45) is 1.37. The van der Waals surface area contributed by atoms with E-state index in [1.807, 2.05) is 55.5 Å². The Labute approximate surface area is 177 Å². The van der Waals surface area contributed by atoms with Crippen LogP contribution >= 0.6 is 0 Å². The van der Waals surface area contributed by atoms with E-state index in [0.717, 1.165) is 47.9 Å². The summed E-state index contributed by atoms with van der Waals surface area (Å²) < 4.78 is 10.7. The van der Waals surface area contributed by atoms with Crippen molar-refractivity contribution >= 4 is 17.6 Å². The number of aliphatic imine (C=N–C) groups is 1. The summed E-state index contributed by atoms with van der Waals surface area (Å²) in [7, 11) is 1.66. The summed E-state index contributed by atoms with van der Waals surface area (Å²) in [5.41, 5.74) is 2.88. The van der Waals surface area contributed by atoms with Crippen molar-refractivity contribution in [2.45, 2.75) is 39.0 Å². The molecule has 0 radical (unpaired) electrons. The van der Waals surface area contributed by atoms with Gasteiger partial charge in [0.15, 0.2) is 5.96 Å². The van der Waals surface area contributed by atoms with E-state index in [9.17, 15) is 4.79 Å². The Kier molecular flexibility index (Phi) is 8.09. The third-order valence-electron chi connectivity index (χ3n) is 4.77. The second kappa shape index (κ2) is 11.2. The first-order chi connectivity index (χ1) is 14.7. The third kappa shape index (κ3) is 6.49. The Bertz CT molecular complexity index is 863. The smallest absolute Gasteiger partial charge is 0.253 e. The number of anilines is 1. The van der Waals surface area contributed by atoms with Crippen LogP contribution in [0, 0.1) is 0 Å². The van der Waals surface area contributed by atoms with Gasteiger partial charge in [0.25, 0.3) is 5.91 Å². The quantitative estimate of drug-likeness (QED) is 0.460. The van der Waals surface area contributed by atoms with Gasteiger partial charge in [-0.1, -0.05) is 24.3 Å². The highest BCUT2D eigenvalue weighted by atomic mass is 16.5. The lowest BCUT2D eigenvalue weighted by atomic mass is 10.2. The Balaban J connectivity index is 1.58. The molecule has 30 heavy (non-hydrogen) atoms. The fraction of sp³-hybridized carbons (Fsp3) is 0.391. The highest BCUT2D eigenvalue weighted by Gasteiger charge is 2.23. The molecule has 0 bridgehead atoms. The summed E-state index contributed by atoms with van der Waals surface area (Å²) in [6.45, 7) is 4.59. The minimum Gasteiger partial charge on any atom is -0.497 e. The number of guanidine groups is 1. The lowest BCUT2D eigenvalue weighted by Crippen LogP contribution is -2.36. The van der Waals surface area contributed by atoms with Crippen LogP contribution < -0.4 is 20.7 Å². The molecule has 160 valence electrons. The molecule has 1 amide bonds. The Hall–Kier alpha value is -3.06. The van der Waals surface area contributed by atoms with E-state index < -0.39 is 0 Å². The molecular formula is C23H30N4O3. The number of ether oxygens (including phenoxy) is 2. The van der Waals surface area contributed by atoms with Gasteiger partial charge in [-0.05, 0) is 55.2 Å². The van der Waals surface area contributed by atoms with Gasteiger partial charge < -0.3 is 25.4 Å². The molecule has 0 spiro atoms. The number of benzene rings is 2. The van der Waals surface area contributed by atoms with E-state index in [-0.39, 0.29) is 12.0 Å². The van der Waals surface area contributed by atoms with E-state index >= 15 is 0 Å². The Morgan fingerprint density at radius 2 is 2.00 bits per heavy atom. The average Bonchev–Trinajstić information content (AvgIpc) is 3.31. The van der Waals surface area contributed by atoms with Gasteiger partial charge in [-0.15, -0.1) is 0 Å². The minimum absolute atomic E-state index is 0.0820. The van der Waals surface area contributed by atoms with Crippen LogP contribution in [0.25, 0.3) is 0 Å². The maximum absolute atomic E-state index is 12.3. The number of nitrogens with one attached hydrogen (secondary N) is 3. The van der Waals surface area contributed by atoms with Crippen molar-refractivity contribution in [2.24, 2.45) is 4.99 Å². The van der Waals surface area contributed by atoms with E-state index in [1.165, 1.54) is 0 Å².